The summed E-state index contributed by atoms with van der Waals surface area (Å²) in [4.78, 5) is 2.82. The monoisotopic (exact) mass is 485 g/mol. The first-order valence-electron chi connectivity index (χ1n) is 13.7. The van der Waals surface area contributed by atoms with Crippen molar-refractivity contribution in [1.82, 2.24) is 4.90 Å². The Morgan fingerprint density at radius 2 is 1.61 bits per heavy atom. The molecule has 1 aromatic rings. The van der Waals surface area contributed by atoms with Crippen LogP contribution in [0.15, 0.2) is 126 Å². The Balaban J connectivity index is 1.29. The number of hydrogen-bond acceptors (Lipinski definition) is 1. The van der Waals surface area contributed by atoms with Gasteiger partial charge in [-0.15, -0.1) is 0 Å². The molecule has 1 aliphatic heterocycles. The molecular formula is C34H35NSi. The van der Waals surface area contributed by atoms with Crippen molar-refractivity contribution < 1.29 is 0 Å². The Morgan fingerprint density at radius 3 is 2.50 bits per heavy atom. The van der Waals surface area contributed by atoms with Crippen molar-refractivity contribution in [3.63, 3.8) is 0 Å². The molecule has 0 amide bonds. The first kappa shape index (κ1) is 22.1. The van der Waals surface area contributed by atoms with Crippen LogP contribution in [0.25, 0.3) is 6.08 Å². The fraction of sp³-hybridized carbons (Fsp3) is 0.294. The standard InChI is InChI=1S/C34H35NSi/c1-36(2)33-15-9-8-14-31(33)35(32-21-19-27(22-34(32)36)24-10-4-3-5-11-24)28-20-18-26-17-16-25-12-6-7-13-29(25)30(26)23-28/h3-10,12-22,24,30-34H,11,23H2,1-2H3. The zero-order valence-electron chi connectivity index (χ0n) is 21.3. The first-order chi connectivity index (χ1) is 17.6. The van der Waals surface area contributed by atoms with Gasteiger partial charge < -0.3 is 4.90 Å². The molecule has 0 N–H and O–H groups in total. The molecule has 6 unspecified atom stereocenters. The molecule has 7 rings (SSSR count). The van der Waals surface area contributed by atoms with E-state index in [1.165, 1.54) is 28.0 Å². The molecule has 0 aromatic heterocycles. The van der Waals surface area contributed by atoms with Crippen LogP contribution >= 0.6 is 0 Å². The average molecular weight is 486 g/mol. The summed E-state index contributed by atoms with van der Waals surface area (Å²) in [6, 6.07) is 9.85. The van der Waals surface area contributed by atoms with Crippen molar-refractivity contribution in [1.29, 1.82) is 0 Å². The van der Waals surface area contributed by atoms with Gasteiger partial charge in [0, 0.05) is 17.5 Å². The Hall–Kier alpha value is -3.10. The minimum atomic E-state index is -1.62. The summed E-state index contributed by atoms with van der Waals surface area (Å²) in [7, 11) is -1.62. The van der Waals surface area contributed by atoms with Gasteiger partial charge in [-0.05, 0) is 52.3 Å². The number of fused-ring (bicyclic) bond motifs is 5. The molecule has 1 saturated heterocycles. The average Bonchev–Trinajstić information content (AvgIpc) is 2.93. The number of allylic oxidation sites excluding steroid dienone is 13. The molecule has 0 saturated carbocycles. The molecule has 1 heterocycles. The van der Waals surface area contributed by atoms with E-state index in [1.807, 2.05) is 0 Å². The lowest BCUT2D eigenvalue weighted by Gasteiger charge is -2.58. The number of rotatable bonds is 2. The van der Waals surface area contributed by atoms with Gasteiger partial charge in [0.25, 0.3) is 0 Å². The number of hydrogen-bond donors (Lipinski definition) is 0. The molecule has 6 aliphatic rings. The third-order valence-corrected chi connectivity index (χ3v) is 14.0. The molecule has 1 fully saturated rings. The highest BCUT2D eigenvalue weighted by Crippen LogP contribution is 2.54. The van der Waals surface area contributed by atoms with Gasteiger partial charge >= 0.3 is 0 Å². The highest BCUT2D eigenvalue weighted by Gasteiger charge is 2.53. The maximum atomic E-state index is 2.82. The van der Waals surface area contributed by atoms with Crippen LogP contribution in [-0.2, 0) is 0 Å². The van der Waals surface area contributed by atoms with E-state index < -0.39 is 8.07 Å². The van der Waals surface area contributed by atoms with Gasteiger partial charge in [-0.25, -0.2) is 0 Å². The lowest BCUT2D eigenvalue weighted by Crippen LogP contribution is -2.61. The summed E-state index contributed by atoms with van der Waals surface area (Å²) < 4.78 is 0. The Labute approximate surface area is 217 Å². The molecule has 180 valence electrons. The van der Waals surface area contributed by atoms with Crippen molar-refractivity contribution in [2.75, 3.05) is 0 Å². The normalized spacial score (nSPS) is 34.7. The minimum absolute atomic E-state index is 0.437. The molecule has 5 aliphatic carbocycles. The fourth-order valence-corrected chi connectivity index (χ4v) is 11.5. The topological polar surface area (TPSA) is 3.24 Å². The van der Waals surface area contributed by atoms with Crippen molar-refractivity contribution in [3.8, 4) is 0 Å². The second-order valence-corrected chi connectivity index (χ2v) is 16.7. The van der Waals surface area contributed by atoms with Gasteiger partial charge in [0.1, 0.15) is 0 Å². The molecule has 0 bridgehead atoms. The Morgan fingerprint density at radius 1 is 0.778 bits per heavy atom. The van der Waals surface area contributed by atoms with E-state index >= 15 is 0 Å². The van der Waals surface area contributed by atoms with E-state index in [-0.39, 0.29) is 0 Å². The highest BCUT2D eigenvalue weighted by molar-refractivity contribution is 6.81. The second-order valence-electron chi connectivity index (χ2n) is 11.8. The maximum absolute atomic E-state index is 2.82. The van der Waals surface area contributed by atoms with Crippen LogP contribution in [0.4, 0.5) is 0 Å². The smallest absolute Gasteiger partial charge is 0.0672 e. The van der Waals surface area contributed by atoms with E-state index in [4.69, 9.17) is 0 Å². The van der Waals surface area contributed by atoms with Crippen molar-refractivity contribution in [2.24, 2.45) is 5.92 Å². The molecular weight excluding hydrogens is 450 g/mol. The fourth-order valence-electron chi connectivity index (χ4n) is 7.56. The molecule has 6 atom stereocenters. The van der Waals surface area contributed by atoms with Gasteiger partial charge in [-0.3, -0.25) is 0 Å². The lowest BCUT2D eigenvalue weighted by atomic mass is 9.77. The van der Waals surface area contributed by atoms with Crippen LogP contribution in [0.1, 0.15) is 29.9 Å². The lowest BCUT2D eigenvalue weighted by molar-refractivity contribution is 0.211. The van der Waals surface area contributed by atoms with Crippen LogP contribution in [-0.4, -0.2) is 25.1 Å². The van der Waals surface area contributed by atoms with Crippen molar-refractivity contribution in [3.05, 3.63) is 137 Å². The summed E-state index contributed by atoms with van der Waals surface area (Å²) in [6.45, 7) is 5.28. The van der Waals surface area contributed by atoms with Crippen molar-refractivity contribution in [2.45, 2.75) is 55.0 Å². The molecule has 36 heavy (non-hydrogen) atoms. The van der Waals surface area contributed by atoms with E-state index in [0.717, 1.165) is 12.8 Å². The number of benzene rings is 1. The van der Waals surface area contributed by atoms with Crippen LogP contribution in [0.5, 0.6) is 0 Å². The summed E-state index contributed by atoms with van der Waals surface area (Å²) in [6.07, 6.45) is 38.1. The first-order valence-corrected chi connectivity index (χ1v) is 16.8. The van der Waals surface area contributed by atoms with Gasteiger partial charge in [0.15, 0.2) is 0 Å². The van der Waals surface area contributed by atoms with Gasteiger partial charge in [0.2, 0.25) is 0 Å². The van der Waals surface area contributed by atoms with Crippen LogP contribution < -0.4 is 0 Å². The molecule has 0 spiro atoms. The van der Waals surface area contributed by atoms with Crippen LogP contribution in [0.2, 0.25) is 24.2 Å². The highest BCUT2D eigenvalue weighted by atomic mass is 28.3. The van der Waals surface area contributed by atoms with Gasteiger partial charge in [-0.2, -0.15) is 0 Å². The predicted octanol–water partition coefficient (Wildman–Crippen LogP) is 8.27. The van der Waals surface area contributed by atoms with E-state index in [1.54, 1.807) is 0 Å². The van der Waals surface area contributed by atoms with Crippen LogP contribution in [0, 0.1) is 5.92 Å². The summed E-state index contributed by atoms with van der Waals surface area (Å²) in [5, 5.41) is 0. The maximum Gasteiger partial charge on any atom is 0.0672 e. The Kier molecular flexibility index (Phi) is 5.22. The van der Waals surface area contributed by atoms with Gasteiger partial charge in [0.05, 0.1) is 20.2 Å². The van der Waals surface area contributed by atoms with Crippen LogP contribution in [0.3, 0.4) is 0 Å². The molecule has 1 aromatic carbocycles. The molecule has 0 radical (unpaired) electrons. The van der Waals surface area contributed by atoms with E-state index in [9.17, 15) is 0 Å². The summed E-state index contributed by atoms with van der Waals surface area (Å²) >= 11 is 0. The van der Waals surface area contributed by atoms with Gasteiger partial charge in [-0.1, -0.05) is 122 Å². The molecule has 1 nitrogen and oxygen atoms in total. The summed E-state index contributed by atoms with van der Waals surface area (Å²) in [5.41, 5.74) is 8.58. The zero-order valence-corrected chi connectivity index (χ0v) is 22.3. The third kappa shape index (κ3) is 3.42. The minimum Gasteiger partial charge on any atom is -0.361 e. The quantitative estimate of drug-likeness (QED) is 0.381. The Bertz CT molecular complexity index is 1360. The SMILES string of the molecule is C[Si]1(C)C2C=CC=CC2N(C2=CC=C3C=Cc4ccccc4C3C2)C2C=CC(C3C=CC=CC3)=CC21. The van der Waals surface area contributed by atoms with Crippen molar-refractivity contribution >= 4 is 14.1 Å². The molecule has 2 heteroatoms. The second kappa shape index (κ2) is 8.49. The van der Waals surface area contributed by atoms with E-state index in [2.05, 4.69) is 133 Å². The zero-order chi connectivity index (χ0) is 24.3. The summed E-state index contributed by atoms with van der Waals surface area (Å²) in [5.74, 6) is 0.978. The third-order valence-electron chi connectivity index (χ3n) is 9.54. The predicted molar refractivity (Wildman–Crippen MR) is 155 cm³/mol. The largest absolute Gasteiger partial charge is 0.361 e. The number of nitrogens with zero attached hydrogens (tertiary/aromatic N) is 1. The van der Waals surface area contributed by atoms with E-state index in [0.29, 0.717) is 35.0 Å².